The first-order chi connectivity index (χ1) is 12.2. The molecule has 0 spiro atoms. The highest BCUT2D eigenvalue weighted by Crippen LogP contribution is 2.34. The number of hydrogen-bond donors (Lipinski definition) is 1. The maximum atomic E-state index is 13.1. The number of nitrogens with one attached hydrogen (secondary N) is 1. The molecule has 0 radical (unpaired) electrons. The van der Waals surface area contributed by atoms with Gasteiger partial charge >= 0.3 is 0 Å². The fourth-order valence-electron chi connectivity index (χ4n) is 2.84. The van der Waals surface area contributed by atoms with Crippen LogP contribution in [0.15, 0.2) is 54.9 Å². The Morgan fingerprint density at radius 3 is 2.69 bits per heavy atom. The van der Waals surface area contributed by atoms with Gasteiger partial charge in [-0.3, -0.25) is 0 Å². The molecule has 0 amide bonds. The van der Waals surface area contributed by atoms with Gasteiger partial charge in [0.15, 0.2) is 0 Å². The molecule has 8 heteroatoms. The SMILES string of the molecule is Br.Fc1ccc(-c2cn3nc(-c4c[nH]c5ccc(Cl)cc45)sc3n2)cc1. The summed E-state index contributed by atoms with van der Waals surface area (Å²) >= 11 is 7.62. The van der Waals surface area contributed by atoms with Crippen molar-refractivity contribution in [3.8, 4) is 21.8 Å². The first-order valence-corrected chi connectivity index (χ1v) is 8.76. The van der Waals surface area contributed by atoms with Gasteiger partial charge < -0.3 is 4.98 Å². The molecule has 0 saturated heterocycles. The van der Waals surface area contributed by atoms with E-state index in [1.54, 1.807) is 16.6 Å². The molecule has 5 aromatic rings. The lowest BCUT2D eigenvalue weighted by Gasteiger charge is -1.96. The van der Waals surface area contributed by atoms with Crippen molar-refractivity contribution in [2.24, 2.45) is 0 Å². The Balaban J connectivity index is 0.00000168. The van der Waals surface area contributed by atoms with E-state index in [0.717, 1.165) is 37.7 Å². The van der Waals surface area contributed by atoms with E-state index in [4.69, 9.17) is 11.6 Å². The molecule has 0 atom stereocenters. The van der Waals surface area contributed by atoms with Crippen LogP contribution in [0, 0.1) is 5.82 Å². The Kier molecular flexibility index (Phi) is 4.30. The van der Waals surface area contributed by atoms with Gasteiger partial charge in [-0.2, -0.15) is 5.10 Å². The van der Waals surface area contributed by atoms with Crippen LogP contribution in [-0.2, 0) is 0 Å². The fraction of sp³-hybridized carbons (Fsp3) is 0. The standard InChI is InChI=1S/C18H10ClFN4S.BrH/c19-11-3-6-15-13(7-11)14(8-21-15)17-23-24-9-16(22-18(24)25-17)10-1-4-12(20)5-2-10;/h1-9,21H;1H. The predicted molar refractivity (Wildman–Crippen MR) is 109 cm³/mol. The second kappa shape index (κ2) is 6.50. The second-order valence-electron chi connectivity index (χ2n) is 5.66. The zero-order valence-corrected chi connectivity index (χ0v) is 16.4. The third-order valence-electron chi connectivity index (χ3n) is 4.06. The number of H-pyrrole nitrogens is 1. The van der Waals surface area contributed by atoms with E-state index in [1.165, 1.54) is 23.5 Å². The molecule has 0 aliphatic heterocycles. The van der Waals surface area contributed by atoms with E-state index in [-0.39, 0.29) is 22.8 Å². The molecule has 3 aromatic heterocycles. The maximum Gasteiger partial charge on any atom is 0.213 e. The van der Waals surface area contributed by atoms with Crippen molar-refractivity contribution in [2.75, 3.05) is 0 Å². The van der Waals surface area contributed by atoms with Gasteiger partial charge in [-0.1, -0.05) is 22.9 Å². The van der Waals surface area contributed by atoms with E-state index in [0.29, 0.717) is 5.02 Å². The van der Waals surface area contributed by atoms with E-state index in [2.05, 4.69) is 15.1 Å². The van der Waals surface area contributed by atoms with Crippen LogP contribution in [0.2, 0.25) is 5.02 Å². The number of aromatic amines is 1. The summed E-state index contributed by atoms with van der Waals surface area (Å²) < 4.78 is 14.8. The third kappa shape index (κ3) is 2.82. The van der Waals surface area contributed by atoms with Crippen LogP contribution in [0.1, 0.15) is 0 Å². The average molecular weight is 450 g/mol. The molecule has 1 N–H and O–H groups in total. The minimum absolute atomic E-state index is 0. The van der Waals surface area contributed by atoms with Crippen molar-refractivity contribution in [1.82, 2.24) is 19.6 Å². The van der Waals surface area contributed by atoms with Crippen molar-refractivity contribution >= 4 is 55.8 Å². The number of rotatable bonds is 2. The quantitative estimate of drug-likeness (QED) is 0.360. The fourth-order valence-corrected chi connectivity index (χ4v) is 3.92. The molecule has 2 aromatic carbocycles. The first kappa shape index (κ1) is 17.2. The number of aromatic nitrogens is 4. The first-order valence-electron chi connectivity index (χ1n) is 7.56. The molecular weight excluding hydrogens is 439 g/mol. The van der Waals surface area contributed by atoms with Gasteiger partial charge in [0.05, 0.1) is 11.9 Å². The summed E-state index contributed by atoms with van der Waals surface area (Å²) in [6.07, 6.45) is 3.78. The molecule has 0 fully saturated rings. The number of fused-ring (bicyclic) bond motifs is 2. The van der Waals surface area contributed by atoms with Crippen molar-refractivity contribution in [2.45, 2.75) is 0 Å². The molecular formula is C18H11BrClFN4S. The Morgan fingerprint density at radius 2 is 1.92 bits per heavy atom. The maximum absolute atomic E-state index is 13.1. The smallest absolute Gasteiger partial charge is 0.213 e. The molecule has 130 valence electrons. The second-order valence-corrected chi connectivity index (χ2v) is 7.05. The van der Waals surface area contributed by atoms with Crippen LogP contribution in [0.3, 0.4) is 0 Å². The summed E-state index contributed by atoms with van der Waals surface area (Å²) in [6.45, 7) is 0. The normalized spacial score (nSPS) is 11.2. The van der Waals surface area contributed by atoms with Crippen molar-refractivity contribution < 1.29 is 4.39 Å². The molecule has 26 heavy (non-hydrogen) atoms. The predicted octanol–water partition coefficient (Wildman–Crippen LogP) is 5.98. The highest BCUT2D eigenvalue weighted by atomic mass is 79.9. The van der Waals surface area contributed by atoms with Gasteiger partial charge in [-0.05, 0) is 42.5 Å². The Labute approximate surface area is 167 Å². The van der Waals surface area contributed by atoms with E-state index in [9.17, 15) is 4.39 Å². The lowest BCUT2D eigenvalue weighted by Crippen LogP contribution is -1.82. The van der Waals surface area contributed by atoms with Crippen LogP contribution in [0.4, 0.5) is 4.39 Å². The van der Waals surface area contributed by atoms with Crippen LogP contribution >= 0.6 is 39.9 Å². The number of hydrogen-bond acceptors (Lipinski definition) is 3. The van der Waals surface area contributed by atoms with Gasteiger partial charge in [0.2, 0.25) is 4.96 Å². The van der Waals surface area contributed by atoms with Gasteiger partial charge in [-0.25, -0.2) is 13.9 Å². The zero-order chi connectivity index (χ0) is 17.0. The van der Waals surface area contributed by atoms with Crippen molar-refractivity contribution in [3.63, 3.8) is 0 Å². The summed E-state index contributed by atoms with van der Waals surface area (Å²) in [6, 6.07) is 12.0. The van der Waals surface area contributed by atoms with Crippen molar-refractivity contribution in [1.29, 1.82) is 0 Å². The van der Waals surface area contributed by atoms with Gasteiger partial charge in [0.25, 0.3) is 0 Å². The molecule has 3 heterocycles. The molecule has 0 aliphatic carbocycles. The number of nitrogens with zero attached hydrogens (tertiary/aromatic N) is 3. The lowest BCUT2D eigenvalue weighted by molar-refractivity contribution is 0.628. The number of imidazole rings is 1. The van der Waals surface area contributed by atoms with E-state index < -0.39 is 0 Å². The Hall–Kier alpha value is -2.22. The minimum atomic E-state index is -0.261. The number of benzene rings is 2. The third-order valence-corrected chi connectivity index (χ3v) is 5.25. The largest absolute Gasteiger partial charge is 0.360 e. The highest BCUT2D eigenvalue weighted by Gasteiger charge is 2.14. The highest BCUT2D eigenvalue weighted by molar-refractivity contribution is 8.93. The zero-order valence-electron chi connectivity index (χ0n) is 13.1. The summed E-state index contributed by atoms with van der Waals surface area (Å²) in [4.78, 5) is 8.62. The Morgan fingerprint density at radius 1 is 1.12 bits per heavy atom. The van der Waals surface area contributed by atoms with Gasteiger partial charge in [0, 0.05) is 33.2 Å². The Bertz CT molecular complexity index is 1190. The summed E-state index contributed by atoms with van der Waals surface area (Å²) in [7, 11) is 0. The monoisotopic (exact) mass is 448 g/mol. The number of halogens is 3. The van der Waals surface area contributed by atoms with Crippen LogP contribution < -0.4 is 0 Å². The lowest BCUT2D eigenvalue weighted by atomic mass is 10.2. The molecule has 0 bridgehead atoms. The summed E-state index contributed by atoms with van der Waals surface area (Å²) in [5, 5.41) is 7.22. The van der Waals surface area contributed by atoms with Gasteiger partial charge in [0.1, 0.15) is 10.8 Å². The molecule has 0 unspecified atom stereocenters. The molecule has 4 nitrogen and oxygen atoms in total. The minimum Gasteiger partial charge on any atom is -0.360 e. The molecule has 0 saturated carbocycles. The van der Waals surface area contributed by atoms with Crippen LogP contribution in [-0.4, -0.2) is 19.6 Å². The molecule has 0 aliphatic rings. The van der Waals surface area contributed by atoms with Crippen LogP contribution in [0.5, 0.6) is 0 Å². The van der Waals surface area contributed by atoms with E-state index >= 15 is 0 Å². The topological polar surface area (TPSA) is 46.0 Å². The average Bonchev–Trinajstić information content (AvgIpc) is 3.27. The van der Waals surface area contributed by atoms with E-state index in [1.807, 2.05) is 30.6 Å². The van der Waals surface area contributed by atoms with Gasteiger partial charge in [-0.15, -0.1) is 17.0 Å². The van der Waals surface area contributed by atoms with Crippen molar-refractivity contribution in [3.05, 3.63) is 65.7 Å². The summed E-state index contributed by atoms with van der Waals surface area (Å²) in [5.74, 6) is -0.261. The summed E-state index contributed by atoms with van der Waals surface area (Å²) in [5.41, 5.74) is 3.64. The van der Waals surface area contributed by atoms with Crippen LogP contribution in [0.25, 0.3) is 37.7 Å². The molecule has 5 rings (SSSR count).